The van der Waals surface area contributed by atoms with Crippen LogP contribution in [0.1, 0.15) is 423 Å². The molecule has 32 unspecified atom stereocenters. The Labute approximate surface area is 806 Å². The van der Waals surface area contributed by atoms with Gasteiger partial charge < -0.3 is 50.3 Å². The van der Waals surface area contributed by atoms with Crippen LogP contribution in [0.15, 0.2) is 17.1 Å². The van der Waals surface area contributed by atoms with E-state index in [4.69, 9.17) is 9.47 Å². The molecule has 0 saturated heterocycles. The number of ketones is 2. The summed E-state index contributed by atoms with van der Waals surface area (Å²) in [6.45, 7) is 61.2. The van der Waals surface area contributed by atoms with E-state index >= 15 is 0 Å². The second-order valence-corrected chi connectivity index (χ2v) is 57.4. The number of nitrogens with zero attached hydrogens (tertiary/aromatic N) is 1. The Hall–Kier alpha value is -2.63. The fourth-order valence-electron chi connectivity index (χ4n) is 45.8. The van der Waals surface area contributed by atoms with E-state index in [9.17, 15) is 60.0 Å². The highest BCUT2D eigenvalue weighted by atomic mass is 16.6. The van der Waals surface area contributed by atoms with Crippen molar-refractivity contribution in [2.75, 3.05) is 20.6 Å². The monoisotopic (exact) mass is 1850 g/mol. The quantitative estimate of drug-likeness (QED) is 0.0575. The molecule has 133 heavy (non-hydrogen) atoms. The second-order valence-electron chi connectivity index (χ2n) is 57.4. The van der Waals surface area contributed by atoms with Gasteiger partial charge in [-0.1, -0.05) is 151 Å². The average Bonchev–Trinajstić information content (AvgIpc) is 1.68. The summed E-state index contributed by atoms with van der Waals surface area (Å²) < 4.78 is 12.5. The Morgan fingerprint density at radius 1 is 0.286 bits per heavy atom. The molecule has 20 aliphatic carbocycles. The maximum Gasteiger partial charge on any atom is 0.309 e. The zero-order chi connectivity index (χ0) is 97.1. The third-order valence-corrected chi connectivity index (χ3v) is 53.6. The molecule has 40 atom stereocenters. The molecule has 0 aromatic carbocycles. The Balaban J connectivity index is 0.000000124. The summed E-state index contributed by atoms with van der Waals surface area (Å²) in [5.41, 5.74) is 3.48. The molecule has 15 nitrogen and oxygen atoms in total. The minimum Gasteiger partial charge on any atom is -0.481 e. The van der Waals surface area contributed by atoms with Gasteiger partial charge in [-0.3, -0.25) is 24.2 Å². The number of aliphatic imine (C=N–C) groups is 1. The molecule has 15 heteroatoms. The van der Waals surface area contributed by atoms with Crippen LogP contribution in [0.5, 0.6) is 0 Å². The SMILES string of the molecule is C=C(C)C1CCC2(C(=O)O)CCC3(C)C(CCC4[C@@]5(C)CCC(O)C(C)(C)C5CC[C@]43C)C12.CC(=O)C1CCC2(C(=O)O)CCC3(C)C(CCC4[C@@]5(C)CCC(O)C(C)(C)C5CC[C@]43C)C12.CC(=O)C1CCC2(OCO)CCC3(C)C(CCC4[C@@]5(C)CCC(O)C(C)(C)C5CC[C@]43C)C12.CN=C(C)C1CCC2(OCO)CCC3(C)C(CCC4[C@@]5(C)CCC(O)C(C)(C)C5CC[C@]43C)C12. The normalized spacial score (nSPS) is 54.9. The van der Waals surface area contributed by atoms with Crippen molar-refractivity contribution >= 4 is 29.2 Å². The molecular weight excluding hydrogens is 1660 g/mol. The summed E-state index contributed by atoms with van der Waals surface area (Å²) >= 11 is 0. The van der Waals surface area contributed by atoms with Crippen LogP contribution in [0, 0.1) is 216 Å². The Morgan fingerprint density at radius 3 is 0.820 bits per heavy atom. The molecular formula is C118H193NO14. The van der Waals surface area contributed by atoms with E-state index in [-0.39, 0.29) is 160 Å². The van der Waals surface area contributed by atoms with E-state index in [0.29, 0.717) is 106 Å². The minimum absolute atomic E-state index is 0.000765. The fraction of sp³-hybridized carbons (Fsp3) is 0.941. The number of aliphatic hydroxyl groups is 6. The molecule has 0 amide bonds. The molecule has 0 aliphatic heterocycles. The van der Waals surface area contributed by atoms with Gasteiger partial charge in [-0.2, -0.15) is 0 Å². The second kappa shape index (κ2) is 33.5. The fourth-order valence-corrected chi connectivity index (χ4v) is 45.8. The van der Waals surface area contributed by atoms with Crippen LogP contribution in [0.3, 0.4) is 0 Å². The van der Waals surface area contributed by atoms with E-state index in [1.165, 1.54) is 108 Å². The zero-order valence-electron chi connectivity index (χ0n) is 88.7. The molecule has 20 aliphatic rings. The summed E-state index contributed by atoms with van der Waals surface area (Å²) in [4.78, 5) is 55.6. The third kappa shape index (κ3) is 13.7. The maximum atomic E-state index is 12.8. The Morgan fingerprint density at radius 2 is 0.541 bits per heavy atom. The maximum absolute atomic E-state index is 12.8. The first-order valence-corrected chi connectivity index (χ1v) is 55.6. The number of aliphatic carboxylic acids is 2. The van der Waals surface area contributed by atoms with Crippen molar-refractivity contribution in [2.24, 2.45) is 221 Å². The lowest BCUT2D eigenvalue weighted by Gasteiger charge is -2.72. The van der Waals surface area contributed by atoms with E-state index < -0.39 is 22.8 Å². The molecule has 8 N–H and O–H groups in total. The number of carboxylic acids is 2. The average molecular weight is 1850 g/mol. The van der Waals surface area contributed by atoms with Crippen LogP contribution < -0.4 is 0 Å². The molecule has 0 aromatic rings. The van der Waals surface area contributed by atoms with Crippen molar-refractivity contribution in [1.29, 1.82) is 0 Å². The molecule has 0 bridgehead atoms. The number of rotatable bonds is 10. The molecule has 0 heterocycles. The third-order valence-electron chi connectivity index (χ3n) is 53.6. The molecule has 20 fully saturated rings. The highest BCUT2D eigenvalue weighted by Gasteiger charge is 2.79. The van der Waals surface area contributed by atoms with Crippen molar-refractivity contribution in [2.45, 2.75) is 459 Å². The molecule has 20 rings (SSSR count). The number of carboxylic acid groups (broad SMARTS) is 2. The molecule has 0 spiro atoms. The van der Waals surface area contributed by atoms with Gasteiger partial charge in [0.05, 0.1) is 46.4 Å². The number of fused-ring (bicyclic) bond motifs is 28. The highest BCUT2D eigenvalue weighted by Crippen LogP contribution is 2.84. The van der Waals surface area contributed by atoms with Crippen LogP contribution >= 0.6 is 0 Å². The van der Waals surface area contributed by atoms with Gasteiger partial charge in [0.1, 0.15) is 25.2 Å². The lowest BCUT2D eigenvalue weighted by Crippen LogP contribution is -2.67. The first kappa shape index (κ1) is 102. The number of hydrogen-bond donors (Lipinski definition) is 8. The number of hydrogen-bond acceptors (Lipinski definition) is 13. The van der Waals surface area contributed by atoms with Crippen molar-refractivity contribution < 1.29 is 69.5 Å². The molecule has 0 aromatic heterocycles. The predicted molar refractivity (Wildman–Crippen MR) is 528 cm³/mol. The number of allylic oxidation sites excluding steroid dienone is 1. The van der Waals surface area contributed by atoms with Gasteiger partial charge in [-0.15, -0.1) is 0 Å². The van der Waals surface area contributed by atoms with Gasteiger partial charge in [-0.25, -0.2) is 0 Å². The van der Waals surface area contributed by atoms with E-state index in [1.807, 2.05) is 7.05 Å². The van der Waals surface area contributed by atoms with Crippen molar-refractivity contribution in [3.05, 3.63) is 12.2 Å². The predicted octanol–water partition coefficient (Wildman–Crippen LogP) is 25.2. The largest absolute Gasteiger partial charge is 0.481 e. The van der Waals surface area contributed by atoms with Gasteiger partial charge in [0, 0.05) is 36.4 Å². The van der Waals surface area contributed by atoms with E-state index in [2.05, 4.69) is 164 Å². The molecule has 754 valence electrons. The van der Waals surface area contributed by atoms with Crippen LogP contribution in [-0.4, -0.2) is 126 Å². The van der Waals surface area contributed by atoms with Crippen molar-refractivity contribution in [3.63, 3.8) is 0 Å². The van der Waals surface area contributed by atoms with Crippen molar-refractivity contribution in [3.8, 4) is 0 Å². The smallest absolute Gasteiger partial charge is 0.309 e. The number of Topliss-reactive ketones (excluding diaryl/α,β-unsaturated/α-hetero) is 2. The first-order chi connectivity index (χ1) is 61.8. The van der Waals surface area contributed by atoms with Crippen LogP contribution in [-0.2, 0) is 28.7 Å². The summed E-state index contributed by atoms with van der Waals surface area (Å²) in [7, 11) is 1.95. The van der Waals surface area contributed by atoms with Gasteiger partial charge in [0.2, 0.25) is 0 Å². The van der Waals surface area contributed by atoms with Gasteiger partial charge in [-0.05, 0) is 466 Å². The van der Waals surface area contributed by atoms with E-state index in [1.54, 1.807) is 13.8 Å². The Kier molecular flexibility index (Phi) is 25.6. The van der Waals surface area contributed by atoms with Gasteiger partial charge >= 0.3 is 11.9 Å². The van der Waals surface area contributed by atoms with Gasteiger partial charge in [0.15, 0.2) is 0 Å². The van der Waals surface area contributed by atoms with Crippen LogP contribution in [0.25, 0.3) is 0 Å². The summed E-state index contributed by atoms with van der Waals surface area (Å²) in [5.74, 6) is 8.00. The lowest BCUT2D eigenvalue weighted by atomic mass is 9.32. The standard InChI is InChI=1S/C30H51NO3.C30H48O3.C29H48O4.C29H46O4/c1-19(31-7)20-10-15-30(34-18-32)17-16-28(5)21(25(20)30)8-9-23-27(4)13-12-24(33)26(2,3)22(27)11-14-29(23,28)6;1-18(2)19-10-15-30(25(32)33)17-16-28(6)20(24(19)30)8-9-22-27(5)13-12-23(31)26(3,4)21(27)11-14-29(22,28)7;1-18(31)19-9-14-29(33-17-30)16-15-27(5)20(24(19)29)7-8-22-26(4)12-11-23(32)25(2,3)21(26)10-13-28(22,27)6;1-17(30)18-9-14-29(24(32)33)16-15-27(5)19(23(18)29)7-8-21-26(4)12-11-22(31)25(2,3)20(26)10-13-28(21,27)6/h20-25,32-33H,8-18H2,1-7H3;19-24,31H,1,8-17H2,2-7H3,(H,32,33);19-24,30,32H,7-17H2,1-6H3;18-23,31H,7-16H2,1-6H3,(H,32,33)/t20?,21?,22?,23?,24?,25?,27-,28?,29+,30?;19?,20?,21?,22?,23?,24?,27-,28?,29+,30?;19?,20?,21?,22?,23?,24?,26-,27?,28+,29?;18?,19?,20?,21?,22?,23?,26-,27?,28+,29?/m0000/s1. The zero-order valence-corrected chi connectivity index (χ0v) is 88.7. The van der Waals surface area contributed by atoms with E-state index in [0.717, 1.165) is 160 Å². The summed E-state index contributed by atoms with van der Waals surface area (Å²) in [6.07, 6.45) is 42.1. The number of carbonyl (C=O) groups excluding carboxylic acids is 2. The van der Waals surface area contributed by atoms with Crippen LogP contribution in [0.4, 0.5) is 0 Å². The lowest BCUT2D eigenvalue weighted by molar-refractivity contribution is -0.265. The number of ether oxygens (including phenoxy) is 2. The highest BCUT2D eigenvalue weighted by molar-refractivity contribution is 5.85. The van der Waals surface area contributed by atoms with Gasteiger partial charge in [0.25, 0.3) is 0 Å². The topological polar surface area (TPSA) is 261 Å². The molecule has 0 radical (unpaired) electrons. The summed E-state index contributed by atoms with van der Waals surface area (Å²) in [5, 5.41) is 84.2. The minimum atomic E-state index is -0.693. The Bertz CT molecular complexity index is 4330. The first-order valence-electron chi connectivity index (χ1n) is 55.6. The van der Waals surface area contributed by atoms with Crippen LogP contribution in [0.2, 0.25) is 0 Å². The number of aliphatic hydroxyl groups excluding tert-OH is 6. The van der Waals surface area contributed by atoms with Crippen molar-refractivity contribution in [1.82, 2.24) is 0 Å². The summed E-state index contributed by atoms with van der Waals surface area (Å²) in [6, 6.07) is 0. The molecule has 20 saturated carbocycles. The number of carbonyl (C=O) groups is 4.